The summed E-state index contributed by atoms with van der Waals surface area (Å²) in [5.74, 6) is 0.517. The third-order valence-corrected chi connectivity index (χ3v) is 3.51. The number of ether oxygens (including phenoxy) is 1. The maximum Gasteiger partial charge on any atom is 0.306 e. The van der Waals surface area contributed by atoms with Crippen molar-refractivity contribution in [3.05, 3.63) is 29.3 Å². The molecule has 1 aromatic carbocycles. The van der Waals surface area contributed by atoms with Crippen LogP contribution < -0.4 is 0 Å². The normalized spacial score (nSPS) is 16.3. The summed E-state index contributed by atoms with van der Waals surface area (Å²) >= 11 is 0. The summed E-state index contributed by atoms with van der Waals surface area (Å²) in [6, 6.07) is 5.18. The van der Waals surface area contributed by atoms with Gasteiger partial charge in [-0.15, -0.1) is 0 Å². The number of hydrogen-bond acceptors (Lipinski definition) is 4. The zero-order chi connectivity index (χ0) is 13.1. The van der Waals surface area contributed by atoms with Gasteiger partial charge in [-0.05, 0) is 42.4 Å². The Kier molecular flexibility index (Phi) is 3.87. The Balaban J connectivity index is 2.22. The van der Waals surface area contributed by atoms with Crippen molar-refractivity contribution in [2.45, 2.75) is 31.8 Å². The van der Waals surface area contributed by atoms with E-state index >= 15 is 0 Å². The Labute approximate surface area is 106 Å². The zero-order valence-corrected chi connectivity index (χ0v) is 10.4. The lowest BCUT2D eigenvalue weighted by Gasteiger charge is -2.16. The van der Waals surface area contributed by atoms with Gasteiger partial charge in [0.2, 0.25) is 0 Å². The molecule has 0 aromatic heterocycles. The van der Waals surface area contributed by atoms with E-state index in [1.54, 1.807) is 12.1 Å². The Morgan fingerprint density at radius 1 is 1.50 bits per heavy atom. The van der Waals surface area contributed by atoms with E-state index in [0.717, 1.165) is 18.4 Å². The molecule has 0 aliphatic heterocycles. The van der Waals surface area contributed by atoms with Crippen LogP contribution in [-0.4, -0.2) is 23.3 Å². The predicted octanol–water partition coefficient (Wildman–Crippen LogP) is 1.94. The van der Waals surface area contributed by atoms with Crippen molar-refractivity contribution >= 4 is 5.97 Å². The SMILES string of the molecule is COC(=O)CC(c1ccc(O)c(CO)c1)C1CC1. The molecule has 18 heavy (non-hydrogen) atoms. The van der Waals surface area contributed by atoms with Crippen LogP contribution in [0.25, 0.3) is 0 Å². The van der Waals surface area contributed by atoms with Gasteiger partial charge < -0.3 is 14.9 Å². The van der Waals surface area contributed by atoms with E-state index in [-0.39, 0.29) is 24.2 Å². The van der Waals surface area contributed by atoms with Crippen LogP contribution in [0.3, 0.4) is 0 Å². The molecule has 1 atom stereocenters. The molecule has 0 radical (unpaired) electrons. The van der Waals surface area contributed by atoms with E-state index in [1.165, 1.54) is 7.11 Å². The second kappa shape index (κ2) is 5.40. The van der Waals surface area contributed by atoms with Crippen LogP contribution in [0.5, 0.6) is 5.75 Å². The molecule has 98 valence electrons. The lowest BCUT2D eigenvalue weighted by molar-refractivity contribution is -0.141. The minimum Gasteiger partial charge on any atom is -0.508 e. The van der Waals surface area contributed by atoms with Gasteiger partial charge in [0.25, 0.3) is 0 Å². The molecule has 4 nitrogen and oxygen atoms in total. The Morgan fingerprint density at radius 2 is 2.22 bits per heavy atom. The average Bonchev–Trinajstić information content (AvgIpc) is 3.20. The Morgan fingerprint density at radius 3 is 2.78 bits per heavy atom. The van der Waals surface area contributed by atoms with Gasteiger partial charge in [0.1, 0.15) is 5.75 Å². The molecular formula is C14H18O4. The first-order chi connectivity index (χ1) is 8.65. The van der Waals surface area contributed by atoms with E-state index in [2.05, 4.69) is 0 Å². The van der Waals surface area contributed by atoms with Crippen LogP contribution in [0.1, 0.15) is 36.3 Å². The summed E-state index contributed by atoms with van der Waals surface area (Å²) in [5, 5.41) is 18.7. The van der Waals surface area contributed by atoms with Gasteiger partial charge in [0.15, 0.2) is 0 Å². The van der Waals surface area contributed by atoms with E-state index in [0.29, 0.717) is 17.9 Å². The second-order valence-corrected chi connectivity index (χ2v) is 4.77. The molecule has 1 aromatic rings. The molecule has 1 unspecified atom stereocenters. The fourth-order valence-corrected chi connectivity index (χ4v) is 2.28. The minimum absolute atomic E-state index is 0.0915. The summed E-state index contributed by atoms with van der Waals surface area (Å²) in [6.45, 7) is -0.199. The van der Waals surface area contributed by atoms with Crippen molar-refractivity contribution < 1.29 is 19.7 Å². The third-order valence-electron chi connectivity index (χ3n) is 3.51. The van der Waals surface area contributed by atoms with Gasteiger partial charge in [0.05, 0.1) is 20.1 Å². The molecule has 0 saturated heterocycles. The van der Waals surface area contributed by atoms with Crippen LogP contribution in [0.4, 0.5) is 0 Å². The topological polar surface area (TPSA) is 66.8 Å². The molecular weight excluding hydrogens is 232 g/mol. The summed E-state index contributed by atoms with van der Waals surface area (Å²) in [5.41, 5.74) is 1.49. The van der Waals surface area contributed by atoms with Crippen LogP contribution in [0.2, 0.25) is 0 Å². The van der Waals surface area contributed by atoms with Crippen molar-refractivity contribution in [1.82, 2.24) is 0 Å². The van der Waals surface area contributed by atoms with Crippen LogP contribution in [0.15, 0.2) is 18.2 Å². The maximum atomic E-state index is 11.4. The van der Waals surface area contributed by atoms with Gasteiger partial charge in [0, 0.05) is 5.56 Å². The smallest absolute Gasteiger partial charge is 0.306 e. The van der Waals surface area contributed by atoms with Crippen molar-refractivity contribution in [1.29, 1.82) is 0 Å². The fourth-order valence-electron chi connectivity index (χ4n) is 2.28. The van der Waals surface area contributed by atoms with E-state index < -0.39 is 0 Å². The first-order valence-electron chi connectivity index (χ1n) is 6.15. The number of carbonyl (C=O) groups excluding carboxylic acids is 1. The highest BCUT2D eigenvalue weighted by molar-refractivity contribution is 5.70. The molecule has 1 saturated carbocycles. The van der Waals surface area contributed by atoms with Gasteiger partial charge in [-0.1, -0.05) is 6.07 Å². The number of rotatable bonds is 5. The number of aromatic hydroxyl groups is 1. The first-order valence-corrected chi connectivity index (χ1v) is 6.15. The van der Waals surface area contributed by atoms with Gasteiger partial charge >= 0.3 is 5.97 Å². The molecule has 2 rings (SSSR count). The number of aliphatic hydroxyl groups excluding tert-OH is 1. The fraction of sp³-hybridized carbons (Fsp3) is 0.500. The Hall–Kier alpha value is -1.55. The first kappa shape index (κ1) is 12.9. The number of aliphatic hydroxyl groups is 1. The molecule has 1 aliphatic carbocycles. The lowest BCUT2D eigenvalue weighted by atomic mass is 9.90. The highest BCUT2D eigenvalue weighted by Gasteiger charge is 2.34. The highest BCUT2D eigenvalue weighted by atomic mass is 16.5. The number of hydrogen-bond donors (Lipinski definition) is 2. The average molecular weight is 250 g/mol. The molecule has 2 N–H and O–H groups in total. The number of methoxy groups -OCH3 is 1. The lowest BCUT2D eigenvalue weighted by Crippen LogP contribution is -2.10. The van der Waals surface area contributed by atoms with Gasteiger partial charge in [-0.3, -0.25) is 4.79 Å². The predicted molar refractivity (Wildman–Crippen MR) is 66.1 cm³/mol. The van der Waals surface area contributed by atoms with Crippen molar-refractivity contribution in [3.8, 4) is 5.75 Å². The van der Waals surface area contributed by atoms with E-state index in [1.807, 2.05) is 6.07 Å². The van der Waals surface area contributed by atoms with Crippen molar-refractivity contribution in [2.24, 2.45) is 5.92 Å². The highest BCUT2D eigenvalue weighted by Crippen LogP contribution is 2.45. The molecule has 1 aliphatic rings. The van der Waals surface area contributed by atoms with Gasteiger partial charge in [-0.25, -0.2) is 0 Å². The van der Waals surface area contributed by atoms with Gasteiger partial charge in [-0.2, -0.15) is 0 Å². The number of carbonyl (C=O) groups is 1. The second-order valence-electron chi connectivity index (χ2n) is 4.77. The largest absolute Gasteiger partial charge is 0.508 e. The summed E-state index contributed by atoms with van der Waals surface area (Å²) in [6.07, 6.45) is 2.60. The zero-order valence-electron chi connectivity index (χ0n) is 10.4. The molecule has 0 spiro atoms. The van der Waals surface area contributed by atoms with E-state index in [9.17, 15) is 9.90 Å². The summed E-state index contributed by atoms with van der Waals surface area (Å²) in [7, 11) is 1.39. The van der Waals surface area contributed by atoms with Crippen molar-refractivity contribution in [3.63, 3.8) is 0 Å². The Bertz CT molecular complexity index is 437. The molecule has 0 heterocycles. The molecule has 0 bridgehead atoms. The van der Waals surface area contributed by atoms with Crippen LogP contribution in [-0.2, 0) is 16.1 Å². The quantitative estimate of drug-likeness (QED) is 0.784. The van der Waals surface area contributed by atoms with Crippen LogP contribution >= 0.6 is 0 Å². The number of esters is 1. The molecule has 0 amide bonds. The summed E-state index contributed by atoms with van der Waals surface area (Å²) in [4.78, 5) is 11.4. The molecule has 1 fully saturated rings. The molecule has 4 heteroatoms. The van der Waals surface area contributed by atoms with Crippen LogP contribution in [0, 0.1) is 5.92 Å². The minimum atomic E-state index is -0.217. The third kappa shape index (κ3) is 2.82. The monoisotopic (exact) mass is 250 g/mol. The number of phenols is 1. The summed E-state index contributed by atoms with van der Waals surface area (Å²) < 4.78 is 4.72. The maximum absolute atomic E-state index is 11.4. The standard InChI is InChI=1S/C14H18O4/c1-18-14(17)7-12(9-2-3-9)10-4-5-13(16)11(6-10)8-15/h4-6,9,12,15-16H,2-3,7-8H2,1H3. The van der Waals surface area contributed by atoms with E-state index in [4.69, 9.17) is 9.84 Å². The van der Waals surface area contributed by atoms with Crippen molar-refractivity contribution in [2.75, 3.05) is 7.11 Å². The number of benzene rings is 1.